The molecule has 0 spiro atoms. The fourth-order valence-corrected chi connectivity index (χ4v) is 2.43. The quantitative estimate of drug-likeness (QED) is 0.811. The van der Waals surface area contributed by atoms with Gasteiger partial charge in [0.25, 0.3) is 5.91 Å². The van der Waals surface area contributed by atoms with Crippen molar-refractivity contribution in [3.63, 3.8) is 0 Å². The van der Waals surface area contributed by atoms with E-state index in [4.69, 9.17) is 32.7 Å². The number of nitrogens with one attached hydrogen (secondary N) is 1. The summed E-state index contributed by atoms with van der Waals surface area (Å²) in [5.74, 6) is 0.841. The number of carbonyl (C=O) groups is 1. The lowest BCUT2D eigenvalue weighted by atomic mass is 10.2. The Hall–Kier alpha value is -1.91. The number of methoxy groups -OCH3 is 1. The van der Waals surface area contributed by atoms with E-state index < -0.39 is 6.10 Å². The molecular formula is C17H17Cl2NO3. The second-order valence-corrected chi connectivity index (χ2v) is 5.65. The van der Waals surface area contributed by atoms with Crippen LogP contribution in [0.2, 0.25) is 10.0 Å². The van der Waals surface area contributed by atoms with Gasteiger partial charge in [-0.15, -0.1) is 0 Å². The molecule has 0 saturated heterocycles. The zero-order chi connectivity index (χ0) is 16.8. The van der Waals surface area contributed by atoms with Gasteiger partial charge >= 0.3 is 0 Å². The summed E-state index contributed by atoms with van der Waals surface area (Å²) >= 11 is 12.0. The molecule has 23 heavy (non-hydrogen) atoms. The highest BCUT2D eigenvalue weighted by Gasteiger charge is 2.19. The fourth-order valence-electron chi connectivity index (χ4n) is 1.99. The predicted molar refractivity (Wildman–Crippen MR) is 92.8 cm³/mol. The highest BCUT2D eigenvalue weighted by atomic mass is 35.5. The molecule has 0 aliphatic rings. The molecule has 0 radical (unpaired) electrons. The molecule has 2 rings (SSSR count). The van der Waals surface area contributed by atoms with Crippen LogP contribution >= 0.6 is 23.2 Å². The number of benzene rings is 2. The zero-order valence-corrected chi connectivity index (χ0v) is 14.3. The van der Waals surface area contributed by atoms with E-state index in [1.54, 1.807) is 42.5 Å². The van der Waals surface area contributed by atoms with Crippen LogP contribution in [0.25, 0.3) is 0 Å². The average molecular weight is 354 g/mol. The highest BCUT2D eigenvalue weighted by Crippen LogP contribution is 2.27. The normalized spacial score (nSPS) is 11.7. The molecule has 0 saturated carbocycles. The van der Waals surface area contributed by atoms with E-state index in [9.17, 15) is 4.79 Å². The van der Waals surface area contributed by atoms with E-state index in [2.05, 4.69) is 5.32 Å². The number of rotatable bonds is 6. The maximum atomic E-state index is 12.4. The van der Waals surface area contributed by atoms with E-state index in [1.807, 2.05) is 6.92 Å². The Bertz CT molecular complexity index is 691. The Morgan fingerprint density at radius 1 is 1.22 bits per heavy atom. The van der Waals surface area contributed by atoms with Crippen LogP contribution in [-0.2, 0) is 4.79 Å². The average Bonchev–Trinajstić information content (AvgIpc) is 2.52. The van der Waals surface area contributed by atoms with Gasteiger partial charge in [0, 0.05) is 10.7 Å². The van der Waals surface area contributed by atoms with Crippen LogP contribution in [0.4, 0.5) is 5.69 Å². The lowest BCUT2D eigenvalue weighted by molar-refractivity contribution is -0.122. The Labute approximate surface area is 145 Å². The van der Waals surface area contributed by atoms with E-state index in [1.165, 1.54) is 7.11 Å². The molecule has 122 valence electrons. The van der Waals surface area contributed by atoms with Crippen molar-refractivity contribution >= 4 is 34.8 Å². The van der Waals surface area contributed by atoms with Crippen molar-refractivity contribution < 1.29 is 14.3 Å². The van der Waals surface area contributed by atoms with Crippen molar-refractivity contribution in [2.75, 3.05) is 12.4 Å². The van der Waals surface area contributed by atoms with E-state index >= 15 is 0 Å². The van der Waals surface area contributed by atoms with Crippen LogP contribution in [0.15, 0.2) is 42.5 Å². The first-order valence-corrected chi connectivity index (χ1v) is 7.85. The summed E-state index contributed by atoms with van der Waals surface area (Å²) < 4.78 is 10.8. The molecule has 0 heterocycles. The standard InChI is InChI=1S/C17H17Cl2NO3/c1-3-15(23-13-6-4-5-11(18)9-13)17(21)20-12-7-8-16(22-2)14(19)10-12/h4-10,15H,3H2,1-2H3,(H,20,21)/t15-/m0/s1. The van der Waals surface area contributed by atoms with Crippen LogP contribution in [0.3, 0.4) is 0 Å². The molecule has 2 aromatic carbocycles. The number of ether oxygens (including phenoxy) is 2. The van der Waals surface area contributed by atoms with Gasteiger partial charge in [0.15, 0.2) is 6.10 Å². The molecule has 4 nitrogen and oxygen atoms in total. The smallest absolute Gasteiger partial charge is 0.265 e. The summed E-state index contributed by atoms with van der Waals surface area (Å²) in [7, 11) is 1.53. The molecule has 0 aromatic heterocycles. The van der Waals surface area contributed by atoms with Gasteiger partial charge in [0.1, 0.15) is 11.5 Å². The minimum absolute atomic E-state index is 0.256. The van der Waals surface area contributed by atoms with Gasteiger partial charge in [-0.3, -0.25) is 4.79 Å². The Balaban J connectivity index is 2.06. The summed E-state index contributed by atoms with van der Waals surface area (Å²) in [6, 6.07) is 12.0. The summed E-state index contributed by atoms with van der Waals surface area (Å²) in [6.45, 7) is 1.87. The molecule has 1 N–H and O–H groups in total. The Morgan fingerprint density at radius 3 is 2.61 bits per heavy atom. The number of amides is 1. The molecule has 0 unspecified atom stereocenters. The van der Waals surface area contributed by atoms with E-state index in [0.717, 1.165) is 0 Å². The van der Waals surface area contributed by atoms with Gasteiger partial charge in [-0.05, 0) is 42.8 Å². The second-order valence-electron chi connectivity index (χ2n) is 4.81. The molecular weight excluding hydrogens is 337 g/mol. The number of halogens is 2. The second kappa shape index (κ2) is 8.09. The number of carbonyl (C=O) groups excluding carboxylic acids is 1. The third kappa shape index (κ3) is 4.78. The van der Waals surface area contributed by atoms with Gasteiger partial charge in [0.05, 0.1) is 12.1 Å². The third-order valence-electron chi connectivity index (χ3n) is 3.16. The topological polar surface area (TPSA) is 47.6 Å². The first-order chi connectivity index (χ1) is 11.0. The summed E-state index contributed by atoms with van der Waals surface area (Å²) in [4.78, 5) is 12.4. The first kappa shape index (κ1) is 17.4. The summed E-state index contributed by atoms with van der Waals surface area (Å²) in [5, 5.41) is 3.76. The van der Waals surface area contributed by atoms with Gasteiger partial charge in [-0.25, -0.2) is 0 Å². The molecule has 0 aliphatic carbocycles. The van der Waals surface area contributed by atoms with Crippen LogP contribution in [0, 0.1) is 0 Å². The Kier molecular flexibility index (Phi) is 6.13. The molecule has 0 aliphatic heterocycles. The van der Waals surface area contributed by atoms with E-state index in [-0.39, 0.29) is 5.91 Å². The van der Waals surface area contributed by atoms with Crippen molar-refractivity contribution in [2.45, 2.75) is 19.4 Å². The Morgan fingerprint density at radius 2 is 2.00 bits per heavy atom. The van der Waals surface area contributed by atoms with Crippen molar-refractivity contribution in [1.29, 1.82) is 0 Å². The monoisotopic (exact) mass is 353 g/mol. The van der Waals surface area contributed by atoms with Crippen LogP contribution in [-0.4, -0.2) is 19.1 Å². The minimum Gasteiger partial charge on any atom is -0.495 e. The number of anilines is 1. The molecule has 0 fully saturated rings. The SMILES string of the molecule is CC[C@H](Oc1cccc(Cl)c1)C(=O)Nc1ccc(OC)c(Cl)c1. The largest absolute Gasteiger partial charge is 0.495 e. The highest BCUT2D eigenvalue weighted by molar-refractivity contribution is 6.32. The molecule has 1 atom stereocenters. The maximum absolute atomic E-state index is 12.4. The molecule has 2 aromatic rings. The van der Waals surface area contributed by atoms with Gasteiger partial charge < -0.3 is 14.8 Å². The molecule has 1 amide bonds. The number of hydrogen-bond acceptors (Lipinski definition) is 3. The van der Waals surface area contributed by atoms with Gasteiger partial charge in [0.2, 0.25) is 0 Å². The third-order valence-corrected chi connectivity index (χ3v) is 3.69. The van der Waals surface area contributed by atoms with Crippen molar-refractivity contribution in [3.05, 3.63) is 52.5 Å². The van der Waals surface area contributed by atoms with Gasteiger partial charge in [-0.1, -0.05) is 36.2 Å². The lowest BCUT2D eigenvalue weighted by Gasteiger charge is -2.17. The van der Waals surface area contributed by atoms with Crippen molar-refractivity contribution in [3.8, 4) is 11.5 Å². The van der Waals surface area contributed by atoms with Crippen molar-refractivity contribution in [2.24, 2.45) is 0 Å². The minimum atomic E-state index is -0.630. The van der Waals surface area contributed by atoms with Crippen LogP contribution in [0.5, 0.6) is 11.5 Å². The zero-order valence-electron chi connectivity index (χ0n) is 12.8. The molecule has 0 bridgehead atoms. The van der Waals surface area contributed by atoms with Crippen LogP contribution < -0.4 is 14.8 Å². The predicted octanol–water partition coefficient (Wildman–Crippen LogP) is 4.80. The summed E-state index contributed by atoms with van der Waals surface area (Å²) in [6.07, 6.45) is -0.114. The number of hydrogen-bond donors (Lipinski definition) is 1. The van der Waals surface area contributed by atoms with Gasteiger partial charge in [-0.2, -0.15) is 0 Å². The first-order valence-electron chi connectivity index (χ1n) is 7.10. The maximum Gasteiger partial charge on any atom is 0.265 e. The summed E-state index contributed by atoms with van der Waals surface area (Å²) in [5.41, 5.74) is 0.578. The van der Waals surface area contributed by atoms with E-state index in [0.29, 0.717) is 33.7 Å². The fraction of sp³-hybridized carbons (Fsp3) is 0.235. The molecule has 6 heteroatoms. The van der Waals surface area contributed by atoms with Crippen LogP contribution in [0.1, 0.15) is 13.3 Å². The van der Waals surface area contributed by atoms with Crippen molar-refractivity contribution in [1.82, 2.24) is 0 Å². The lowest BCUT2D eigenvalue weighted by Crippen LogP contribution is -2.32.